The number of ketones is 1. The third kappa shape index (κ3) is 2.57. The van der Waals surface area contributed by atoms with Crippen molar-refractivity contribution in [3.05, 3.63) is 59.5 Å². The van der Waals surface area contributed by atoms with Gasteiger partial charge < -0.3 is 4.52 Å². The molecule has 0 bridgehead atoms. The smallest absolute Gasteiger partial charge is 0.167 e. The number of hydrogen-bond donors (Lipinski definition) is 0. The Labute approximate surface area is 148 Å². The number of Topliss-reactive ketones (excluding diaryl/α,β-unsaturated/α-hetero) is 1. The fraction of sp³-hybridized carbons (Fsp3) is 0.150. The summed E-state index contributed by atoms with van der Waals surface area (Å²) in [7, 11) is 0. The first-order valence-electron chi connectivity index (χ1n) is 8.24. The number of nitrogens with zero attached hydrogens (tertiary/aromatic N) is 2. The molecule has 0 saturated heterocycles. The number of benzene rings is 2. The molecule has 0 atom stereocenters. The lowest BCUT2D eigenvalue weighted by Crippen LogP contribution is -2.00. The van der Waals surface area contributed by atoms with E-state index in [1.54, 1.807) is 11.3 Å². The number of carbonyl (C=O) groups is 1. The van der Waals surface area contributed by atoms with Gasteiger partial charge in [-0.15, -0.1) is 11.3 Å². The summed E-state index contributed by atoms with van der Waals surface area (Å²) in [5, 5.41) is 7.96. The van der Waals surface area contributed by atoms with E-state index >= 15 is 0 Å². The van der Waals surface area contributed by atoms with Gasteiger partial charge in [-0.05, 0) is 31.0 Å². The van der Waals surface area contributed by atoms with E-state index in [1.165, 1.54) is 0 Å². The van der Waals surface area contributed by atoms with Gasteiger partial charge in [0.25, 0.3) is 0 Å². The number of rotatable bonds is 4. The lowest BCUT2D eigenvalue weighted by atomic mass is 10.0. The summed E-state index contributed by atoms with van der Waals surface area (Å²) in [4.78, 5) is 17.1. The number of thiazole rings is 1. The second-order valence-electron chi connectivity index (χ2n) is 6.28. The number of hydrogen-bond acceptors (Lipinski definition) is 5. The Bertz CT molecular complexity index is 1080. The molecule has 2 aromatic carbocycles. The van der Waals surface area contributed by atoms with E-state index in [0.29, 0.717) is 11.3 Å². The number of aromatic nitrogens is 2. The molecule has 4 aromatic rings. The highest BCUT2D eigenvalue weighted by Gasteiger charge is 2.30. The van der Waals surface area contributed by atoms with Crippen molar-refractivity contribution in [1.29, 1.82) is 0 Å². The molecule has 25 heavy (non-hydrogen) atoms. The van der Waals surface area contributed by atoms with Crippen LogP contribution in [0.2, 0.25) is 0 Å². The van der Waals surface area contributed by atoms with Crippen LogP contribution in [0, 0.1) is 5.92 Å². The third-order valence-corrected chi connectivity index (χ3v) is 5.36. The molecule has 0 N–H and O–H groups in total. The average Bonchev–Trinajstić information content (AvgIpc) is 3.24. The molecule has 0 spiro atoms. The summed E-state index contributed by atoms with van der Waals surface area (Å²) in [6, 6.07) is 15.6. The van der Waals surface area contributed by atoms with E-state index in [9.17, 15) is 4.79 Å². The molecule has 0 unspecified atom stereocenters. The zero-order valence-corrected chi connectivity index (χ0v) is 14.1. The van der Waals surface area contributed by atoms with Crippen molar-refractivity contribution in [1.82, 2.24) is 10.1 Å². The SMILES string of the molecule is O=C(c1ccc2onc(-c3csc(-c4ccccc4)n3)c2c1)C1CC1. The molecule has 0 amide bonds. The third-order valence-electron chi connectivity index (χ3n) is 4.47. The first-order valence-corrected chi connectivity index (χ1v) is 9.12. The van der Waals surface area contributed by atoms with Crippen molar-refractivity contribution < 1.29 is 9.32 Å². The van der Waals surface area contributed by atoms with E-state index in [4.69, 9.17) is 9.51 Å². The van der Waals surface area contributed by atoms with Crippen LogP contribution in [0.3, 0.4) is 0 Å². The maximum absolute atomic E-state index is 12.3. The van der Waals surface area contributed by atoms with Crippen molar-refractivity contribution >= 4 is 28.1 Å². The highest BCUT2D eigenvalue weighted by Crippen LogP contribution is 2.36. The largest absolute Gasteiger partial charge is 0.356 e. The summed E-state index contributed by atoms with van der Waals surface area (Å²) in [5.41, 5.74) is 3.96. The van der Waals surface area contributed by atoms with Crippen LogP contribution in [-0.4, -0.2) is 15.9 Å². The van der Waals surface area contributed by atoms with Crippen LogP contribution in [0.5, 0.6) is 0 Å². The first kappa shape index (κ1) is 14.5. The van der Waals surface area contributed by atoms with Gasteiger partial charge in [0, 0.05) is 22.4 Å². The van der Waals surface area contributed by atoms with Gasteiger partial charge in [-0.1, -0.05) is 35.5 Å². The Hall–Kier alpha value is -2.79. The zero-order chi connectivity index (χ0) is 16.8. The Kier molecular flexibility index (Phi) is 3.28. The lowest BCUT2D eigenvalue weighted by Gasteiger charge is -1.98. The van der Waals surface area contributed by atoms with Crippen molar-refractivity contribution in [3.8, 4) is 22.0 Å². The van der Waals surface area contributed by atoms with Gasteiger partial charge in [-0.2, -0.15) is 0 Å². The van der Waals surface area contributed by atoms with Crippen molar-refractivity contribution in [2.24, 2.45) is 5.92 Å². The molecule has 2 heterocycles. The second-order valence-corrected chi connectivity index (χ2v) is 7.14. The average molecular weight is 346 g/mol. The first-order chi connectivity index (χ1) is 12.3. The van der Waals surface area contributed by atoms with Crippen molar-refractivity contribution in [2.75, 3.05) is 0 Å². The standard InChI is InChI=1S/C20H14N2O2S/c23-19(12-6-7-12)14-8-9-17-15(10-14)18(22-24-17)16-11-25-20(21-16)13-4-2-1-3-5-13/h1-5,8-12H,6-7H2. The Balaban J connectivity index is 1.57. The van der Waals surface area contributed by atoms with E-state index in [-0.39, 0.29) is 11.7 Å². The summed E-state index contributed by atoms with van der Waals surface area (Å²) in [6.07, 6.45) is 2.00. The maximum Gasteiger partial charge on any atom is 0.167 e. The minimum Gasteiger partial charge on any atom is -0.356 e. The molecule has 1 aliphatic rings. The van der Waals surface area contributed by atoms with Crippen molar-refractivity contribution in [3.63, 3.8) is 0 Å². The molecule has 5 rings (SSSR count). The minimum atomic E-state index is 0.199. The molecule has 1 fully saturated rings. The highest BCUT2D eigenvalue weighted by atomic mass is 32.1. The van der Waals surface area contributed by atoms with Gasteiger partial charge in [0.2, 0.25) is 0 Å². The zero-order valence-electron chi connectivity index (χ0n) is 13.3. The molecule has 0 aliphatic heterocycles. The van der Waals surface area contributed by atoms with Gasteiger partial charge >= 0.3 is 0 Å². The van der Waals surface area contributed by atoms with Gasteiger partial charge in [-0.3, -0.25) is 4.79 Å². The normalized spacial score (nSPS) is 14.1. The highest BCUT2D eigenvalue weighted by molar-refractivity contribution is 7.13. The van der Waals surface area contributed by atoms with E-state index in [0.717, 1.165) is 40.1 Å². The van der Waals surface area contributed by atoms with E-state index < -0.39 is 0 Å². The second kappa shape index (κ2) is 5.63. The molecular weight excluding hydrogens is 332 g/mol. The van der Waals surface area contributed by atoms with Crippen LogP contribution in [0.25, 0.3) is 32.9 Å². The molecule has 1 saturated carbocycles. The quantitative estimate of drug-likeness (QED) is 0.476. The summed E-state index contributed by atoms with van der Waals surface area (Å²) < 4.78 is 5.43. The van der Waals surface area contributed by atoms with Crippen LogP contribution in [0.4, 0.5) is 0 Å². The molecule has 4 nitrogen and oxygen atoms in total. The molecular formula is C20H14N2O2S. The number of carbonyl (C=O) groups excluding carboxylic acids is 1. The minimum absolute atomic E-state index is 0.199. The van der Waals surface area contributed by atoms with Crippen LogP contribution in [0.1, 0.15) is 23.2 Å². The number of fused-ring (bicyclic) bond motifs is 1. The molecule has 1 aliphatic carbocycles. The van der Waals surface area contributed by atoms with Gasteiger partial charge in [0.05, 0.1) is 5.39 Å². The van der Waals surface area contributed by atoms with Crippen LogP contribution in [0.15, 0.2) is 58.4 Å². The van der Waals surface area contributed by atoms with Crippen molar-refractivity contribution in [2.45, 2.75) is 12.8 Å². The molecule has 2 aromatic heterocycles. The summed E-state index contributed by atoms with van der Waals surface area (Å²) >= 11 is 1.58. The lowest BCUT2D eigenvalue weighted by molar-refractivity contribution is 0.0968. The Morgan fingerprint density at radius 2 is 1.96 bits per heavy atom. The molecule has 122 valence electrons. The monoisotopic (exact) mass is 346 g/mol. The fourth-order valence-electron chi connectivity index (χ4n) is 2.95. The predicted octanol–water partition coefficient (Wildman–Crippen LogP) is 5.21. The van der Waals surface area contributed by atoms with Gasteiger partial charge in [0.15, 0.2) is 11.4 Å². The molecule has 0 radical (unpaired) electrons. The Morgan fingerprint density at radius 1 is 1.12 bits per heavy atom. The van der Waals surface area contributed by atoms with Crippen LogP contribution in [-0.2, 0) is 0 Å². The molecule has 5 heteroatoms. The fourth-order valence-corrected chi connectivity index (χ4v) is 3.76. The summed E-state index contributed by atoms with van der Waals surface area (Å²) in [6.45, 7) is 0. The van der Waals surface area contributed by atoms with Gasteiger partial charge in [-0.25, -0.2) is 4.98 Å². The van der Waals surface area contributed by atoms with Crippen LogP contribution < -0.4 is 0 Å². The Morgan fingerprint density at radius 3 is 2.76 bits per heavy atom. The predicted molar refractivity (Wildman–Crippen MR) is 97.6 cm³/mol. The van der Waals surface area contributed by atoms with E-state index in [2.05, 4.69) is 5.16 Å². The van der Waals surface area contributed by atoms with Crippen LogP contribution >= 0.6 is 11.3 Å². The summed E-state index contributed by atoms with van der Waals surface area (Å²) in [5.74, 6) is 0.419. The van der Waals surface area contributed by atoms with E-state index in [1.807, 2.05) is 53.9 Å². The topological polar surface area (TPSA) is 56.0 Å². The maximum atomic E-state index is 12.3. The van der Waals surface area contributed by atoms with Gasteiger partial charge in [0.1, 0.15) is 16.4 Å².